The zero-order chi connectivity index (χ0) is 20.5. The van der Waals surface area contributed by atoms with E-state index in [1.54, 1.807) is 24.3 Å². The van der Waals surface area contributed by atoms with E-state index in [-0.39, 0.29) is 6.61 Å². The van der Waals surface area contributed by atoms with Gasteiger partial charge in [-0.05, 0) is 47.5 Å². The Labute approximate surface area is 168 Å². The Bertz CT molecular complexity index is 968. The fraction of sp³-hybridized carbons (Fsp3) is 0.130. The lowest BCUT2D eigenvalue weighted by Gasteiger charge is -2.13. The first-order chi connectivity index (χ1) is 14.1. The number of nitrogens with zero attached hydrogens (tertiary/aromatic N) is 1. The highest BCUT2D eigenvalue weighted by molar-refractivity contribution is 5.78. The third-order valence-corrected chi connectivity index (χ3v) is 4.08. The summed E-state index contributed by atoms with van der Waals surface area (Å²) in [7, 11) is 0. The first kappa shape index (κ1) is 19.9. The van der Waals surface area contributed by atoms with Gasteiger partial charge in [0.05, 0.1) is 6.07 Å². The van der Waals surface area contributed by atoms with Crippen LogP contribution in [0.15, 0.2) is 78.9 Å². The molecule has 0 aliphatic rings. The first-order valence-corrected chi connectivity index (χ1v) is 8.98. The molecule has 3 rings (SSSR count). The monoisotopic (exact) mass is 390 g/mol. The van der Waals surface area contributed by atoms with Crippen LogP contribution in [-0.2, 0) is 11.4 Å². The summed E-state index contributed by atoms with van der Waals surface area (Å²) < 4.78 is 24.1. The number of rotatable bonds is 8. The Hall–Kier alpha value is -3.85. The van der Waals surface area contributed by atoms with Crippen molar-refractivity contribution in [2.24, 2.45) is 0 Å². The minimum Gasteiger partial charge on any atom is -0.489 e. The highest BCUT2D eigenvalue weighted by atomic mass is 19.1. The maximum atomic E-state index is 13.0. The zero-order valence-corrected chi connectivity index (χ0v) is 15.5. The van der Waals surface area contributed by atoms with Crippen LogP contribution in [0.5, 0.6) is 11.5 Å². The number of ether oxygens (including phenoxy) is 2. The van der Waals surface area contributed by atoms with Crippen LogP contribution in [0.3, 0.4) is 0 Å². The largest absolute Gasteiger partial charge is 0.489 e. The molecule has 0 fully saturated rings. The molecule has 0 saturated heterocycles. The highest BCUT2D eigenvalue weighted by Gasteiger charge is 2.14. The van der Waals surface area contributed by atoms with Crippen molar-refractivity contribution in [1.29, 1.82) is 5.26 Å². The van der Waals surface area contributed by atoms with E-state index in [1.807, 2.05) is 36.4 Å². The highest BCUT2D eigenvalue weighted by Crippen LogP contribution is 2.19. The van der Waals surface area contributed by atoms with Gasteiger partial charge < -0.3 is 14.8 Å². The van der Waals surface area contributed by atoms with Gasteiger partial charge in [-0.25, -0.2) is 4.39 Å². The molecular weight excluding hydrogens is 371 g/mol. The van der Waals surface area contributed by atoms with Gasteiger partial charge in [-0.2, -0.15) is 5.26 Å². The van der Waals surface area contributed by atoms with Gasteiger partial charge in [-0.3, -0.25) is 4.79 Å². The number of amides is 1. The van der Waals surface area contributed by atoms with Crippen LogP contribution >= 0.6 is 0 Å². The van der Waals surface area contributed by atoms with Crippen LogP contribution in [0, 0.1) is 17.1 Å². The molecule has 3 aromatic rings. The predicted octanol–water partition coefficient (Wildman–Crippen LogP) is 4.16. The molecule has 5 nitrogen and oxygen atoms in total. The summed E-state index contributed by atoms with van der Waals surface area (Å²) in [5.41, 5.74) is 1.57. The van der Waals surface area contributed by atoms with Crippen LogP contribution in [0.25, 0.3) is 0 Å². The molecule has 0 bridgehead atoms. The molecule has 0 aliphatic carbocycles. The Kier molecular flexibility index (Phi) is 6.80. The average molecular weight is 390 g/mol. The minimum atomic E-state index is -0.875. The zero-order valence-electron chi connectivity index (χ0n) is 15.5. The van der Waals surface area contributed by atoms with Gasteiger partial charge in [0.2, 0.25) is 0 Å². The molecule has 1 amide bonds. The summed E-state index contributed by atoms with van der Waals surface area (Å²) in [5.74, 6) is 0.329. The molecule has 0 saturated carbocycles. The molecule has 146 valence electrons. The van der Waals surface area contributed by atoms with Gasteiger partial charge in [-0.15, -0.1) is 0 Å². The number of halogens is 1. The van der Waals surface area contributed by atoms with Crippen LogP contribution in [0.2, 0.25) is 0 Å². The number of carbonyl (C=O) groups excluding carboxylic acids is 1. The van der Waals surface area contributed by atoms with Crippen molar-refractivity contribution in [3.63, 3.8) is 0 Å². The molecule has 0 radical (unpaired) electrons. The lowest BCUT2D eigenvalue weighted by atomic mass is 10.1. The predicted molar refractivity (Wildman–Crippen MR) is 106 cm³/mol. The maximum absolute atomic E-state index is 13.0. The molecule has 3 aromatic carbocycles. The number of benzene rings is 3. The van der Waals surface area contributed by atoms with Gasteiger partial charge in [-0.1, -0.05) is 42.5 Å². The number of nitrogens with one attached hydrogen (secondary N) is 1. The molecule has 0 unspecified atom stereocenters. The van der Waals surface area contributed by atoms with E-state index in [0.29, 0.717) is 23.7 Å². The summed E-state index contributed by atoms with van der Waals surface area (Å²) in [6.07, 6.45) is 0. The SMILES string of the molecule is N#C[C@@H](NC(=O)COc1ccc(OCc2ccccc2)cc1)c1ccc(F)cc1. The molecular formula is C23H19FN2O3. The Morgan fingerprint density at radius 3 is 2.17 bits per heavy atom. The Morgan fingerprint density at radius 2 is 1.55 bits per heavy atom. The second kappa shape index (κ2) is 9.90. The standard InChI is InChI=1S/C23H19FN2O3/c24-19-8-6-18(7-9-19)22(14-25)26-23(27)16-29-21-12-10-20(11-13-21)28-15-17-4-2-1-3-5-17/h1-13,22H,15-16H2,(H,26,27)/t22-/m1/s1. The van der Waals surface area contributed by atoms with E-state index < -0.39 is 17.8 Å². The first-order valence-electron chi connectivity index (χ1n) is 8.98. The molecule has 0 heterocycles. The third kappa shape index (κ3) is 6.08. The Morgan fingerprint density at radius 1 is 0.931 bits per heavy atom. The summed E-state index contributed by atoms with van der Waals surface area (Å²) in [4.78, 5) is 12.1. The van der Waals surface area contributed by atoms with E-state index in [1.165, 1.54) is 24.3 Å². The number of carbonyl (C=O) groups is 1. The van der Waals surface area contributed by atoms with E-state index in [4.69, 9.17) is 9.47 Å². The number of hydrogen-bond acceptors (Lipinski definition) is 4. The fourth-order valence-electron chi connectivity index (χ4n) is 2.57. The average Bonchev–Trinajstić information content (AvgIpc) is 2.77. The van der Waals surface area contributed by atoms with E-state index in [2.05, 4.69) is 5.32 Å². The molecule has 29 heavy (non-hydrogen) atoms. The molecule has 0 aromatic heterocycles. The van der Waals surface area contributed by atoms with E-state index >= 15 is 0 Å². The van der Waals surface area contributed by atoms with Gasteiger partial charge in [0.15, 0.2) is 6.61 Å². The van der Waals surface area contributed by atoms with Crippen molar-refractivity contribution in [2.45, 2.75) is 12.6 Å². The van der Waals surface area contributed by atoms with Crippen molar-refractivity contribution < 1.29 is 18.7 Å². The van der Waals surface area contributed by atoms with Crippen LogP contribution in [-0.4, -0.2) is 12.5 Å². The second-order valence-corrected chi connectivity index (χ2v) is 6.22. The summed E-state index contributed by atoms with van der Waals surface area (Å²) >= 11 is 0. The molecule has 0 aliphatic heterocycles. The van der Waals surface area contributed by atoms with Crippen LogP contribution in [0.4, 0.5) is 4.39 Å². The molecule has 1 atom stereocenters. The van der Waals surface area contributed by atoms with Gasteiger partial charge >= 0.3 is 0 Å². The van der Waals surface area contributed by atoms with Crippen LogP contribution in [0.1, 0.15) is 17.2 Å². The van der Waals surface area contributed by atoms with Gasteiger partial charge in [0, 0.05) is 0 Å². The van der Waals surface area contributed by atoms with Crippen LogP contribution < -0.4 is 14.8 Å². The van der Waals surface area contributed by atoms with E-state index in [9.17, 15) is 14.4 Å². The summed E-state index contributed by atoms with van der Waals surface area (Å²) in [6.45, 7) is 0.214. The van der Waals surface area contributed by atoms with Gasteiger partial charge in [0.1, 0.15) is 30.0 Å². The fourth-order valence-corrected chi connectivity index (χ4v) is 2.57. The van der Waals surface area contributed by atoms with Crippen molar-refractivity contribution in [2.75, 3.05) is 6.61 Å². The number of hydrogen-bond donors (Lipinski definition) is 1. The minimum absolute atomic E-state index is 0.246. The molecule has 0 spiro atoms. The third-order valence-electron chi connectivity index (χ3n) is 4.08. The van der Waals surface area contributed by atoms with E-state index in [0.717, 1.165) is 5.56 Å². The quantitative estimate of drug-likeness (QED) is 0.627. The smallest absolute Gasteiger partial charge is 0.259 e. The normalized spacial score (nSPS) is 11.2. The second-order valence-electron chi connectivity index (χ2n) is 6.22. The molecule has 1 N–H and O–H groups in total. The summed E-state index contributed by atoms with van der Waals surface area (Å²) in [6, 6.07) is 23.2. The lowest BCUT2D eigenvalue weighted by Crippen LogP contribution is -2.32. The summed E-state index contributed by atoms with van der Waals surface area (Å²) in [5, 5.41) is 11.8. The number of nitriles is 1. The van der Waals surface area contributed by atoms with Crippen molar-refractivity contribution >= 4 is 5.91 Å². The topological polar surface area (TPSA) is 71.4 Å². The Balaban J connectivity index is 1.47. The lowest BCUT2D eigenvalue weighted by molar-refractivity contribution is -0.123. The van der Waals surface area contributed by atoms with Crippen molar-refractivity contribution in [3.8, 4) is 17.6 Å². The molecule has 6 heteroatoms. The van der Waals surface area contributed by atoms with Gasteiger partial charge in [0.25, 0.3) is 5.91 Å². The van der Waals surface area contributed by atoms with Crippen molar-refractivity contribution in [3.05, 3.63) is 95.8 Å². The maximum Gasteiger partial charge on any atom is 0.259 e. The van der Waals surface area contributed by atoms with Crippen molar-refractivity contribution in [1.82, 2.24) is 5.32 Å².